The third-order valence-corrected chi connectivity index (χ3v) is 3.44. The number of hydrogen-bond donors (Lipinski definition) is 3. The van der Waals surface area contributed by atoms with Gasteiger partial charge in [-0.2, -0.15) is 0 Å². The minimum atomic E-state index is -1.12. The molecule has 108 valence electrons. The Morgan fingerprint density at radius 2 is 2.10 bits per heavy atom. The van der Waals surface area contributed by atoms with Gasteiger partial charge in [-0.05, 0) is 25.3 Å². The fraction of sp³-hybridized carbons (Fsp3) is 0.267. The van der Waals surface area contributed by atoms with Crippen molar-refractivity contribution in [2.75, 3.05) is 0 Å². The van der Waals surface area contributed by atoms with E-state index in [0.717, 1.165) is 6.54 Å². The summed E-state index contributed by atoms with van der Waals surface area (Å²) in [6, 6.07) is 3.58. The van der Waals surface area contributed by atoms with Gasteiger partial charge in [-0.25, -0.2) is 9.36 Å². The largest absolute Gasteiger partial charge is 0.478 e. The third-order valence-electron chi connectivity index (χ3n) is 3.44. The molecule has 1 aromatic rings. The first kappa shape index (κ1) is 14.7. The molecule has 0 radical (unpaired) electrons. The van der Waals surface area contributed by atoms with Crippen LogP contribution in [0.15, 0.2) is 41.4 Å². The van der Waals surface area contributed by atoms with Gasteiger partial charge in [-0.1, -0.05) is 0 Å². The number of aryl methyl sites for hydroxylation is 1. The van der Waals surface area contributed by atoms with E-state index in [1.807, 2.05) is 23.9 Å². The lowest BCUT2D eigenvalue weighted by molar-refractivity contribution is -0.693. The Labute approximate surface area is 122 Å². The van der Waals surface area contributed by atoms with Crippen LogP contribution in [0.5, 0.6) is 0 Å². The van der Waals surface area contributed by atoms with Gasteiger partial charge in [0, 0.05) is 12.1 Å². The number of aromatic nitrogens is 1. The molecule has 1 aromatic heterocycles. The monoisotopic (exact) mass is 286 g/mol. The van der Waals surface area contributed by atoms with Crippen LogP contribution in [0.3, 0.4) is 0 Å². The van der Waals surface area contributed by atoms with Crippen LogP contribution in [0.25, 0.3) is 0 Å². The molecule has 2 rings (SSSR count). The van der Waals surface area contributed by atoms with Crippen molar-refractivity contribution in [2.45, 2.75) is 26.3 Å². The second kappa shape index (κ2) is 5.73. The molecule has 0 unspecified atom stereocenters. The van der Waals surface area contributed by atoms with Crippen molar-refractivity contribution in [2.24, 2.45) is 0 Å². The number of pyridine rings is 1. The number of rotatable bonds is 3. The normalized spacial score (nSPS) is 18.3. The van der Waals surface area contributed by atoms with Crippen molar-refractivity contribution >= 4 is 17.7 Å². The fourth-order valence-electron chi connectivity index (χ4n) is 2.35. The summed E-state index contributed by atoms with van der Waals surface area (Å²) in [4.78, 5) is 11.5. The highest BCUT2D eigenvalue weighted by Gasteiger charge is 2.36. The molecule has 1 atom stereocenters. The minimum absolute atomic E-state index is 0.0370. The van der Waals surface area contributed by atoms with E-state index in [0.29, 0.717) is 5.56 Å². The van der Waals surface area contributed by atoms with Crippen LogP contribution in [-0.2, 0) is 16.1 Å². The first-order valence-corrected chi connectivity index (χ1v) is 6.49. The number of carboxylic acids is 1. The number of nitrogens with one attached hydrogen (secondary N) is 2. The first-order valence-electron chi connectivity index (χ1n) is 6.49. The second-order valence-electron chi connectivity index (χ2n) is 4.64. The molecule has 2 heterocycles. The molecule has 3 N–H and O–H groups in total. The molecule has 1 aliphatic rings. The summed E-state index contributed by atoms with van der Waals surface area (Å²) in [6.45, 7) is 4.32. The summed E-state index contributed by atoms with van der Waals surface area (Å²) in [7, 11) is 0. The van der Waals surface area contributed by atoms with Crippen molar-refractivity contribution in [3.8, 4) is 0 Å². The van der Waals surface area contributed by atoms with Crippen LogP contribution in [0.1, 0.15) is 25.3 Å². The van der Waals surface area contributed by atoms with Gasteiger partial charge in [0.1, 0.15) is 12.3 Å². The lowest BCUT2D eigenvalue weighted by Gasteiger charge is -2.26. The van der Waals surface area contributed by atoms with Gasteiger partial charge in [0.15, 0.2) is 12.4 Å². The summed E-state index contributed by atoms with van der Waals surface area (Å²) in [5.41, 5.74) is 0.849. The van der Waals surface area contributed by atoms with E-state index in [-0.39, 0.29) is 22.8 Å². The molecular weight excluding hydrogens is 270 g/mol. The predicted octanol–water partition coefficient (Wildman–Crippen LogP) is 1.62. The van der Waals surface area contributed by atoms with Crippen LogP contribution >= 0.6 is 0 Å². The third kappa shape index (κ3) is 2.61. The summed E-state index contributed by atoms with van der Waals surface area (Å²) < 4.78 is 7.06. The van der Waals surface area contributed by atoms with E-state index >= 15 is 0 Å². The van der Waals surface area contributed by atoms with Crippen molar-refractivity contribution in [3.63, 3.8) is 0 Å². The van der Waals surface area contributed by atoms with Crippen molar-refractivity contribution in [3.05, 3.63) is 47.0 Å². The number of ether oxygens (including phenoxy) is 1. The van der Waals surface area contributed by atoms with Gasteiger partial charge >= 0.3 is 5.97 Å². The zero-order valence-corrected chi connectivity index (χ0v) is 11.8. The maximum Gasteiger partial charge on any atom is 0.336 e. The summed E-state index contributed by atoms with van der Waals surface area (Å²) in [6.07, 6.45) is 3.68. The molecule has 6 nitrogen and oxygen atoms in total. The molecule has 6 heteroatoms. The Kier molecular flexibility index (Phi) is 4.00. The van der Waals surface area contributed by atoms with Gasteiger partial charge in [0.2, 0.25) is 5.90 Å². The average molecular weight is 286 g/mol. The zero-order valence-electron chi connectivity index (χ0n) is 11.8. The Bertz CT molecular complexity index is 683. The van der Waals surface area contributed by atoms with E-state index in [4.69, 9.17) is 15.6 Å². The number of carbonyl (C=O) groups is 1. The highest BCUT2D eigenvalue weighted by Crippen LogP contribution is 2.37. The van der Waals surface area contributed by atoms with E-state index in [1.165, 1.54) is 6.92 Å². The fourth-order valence-corrected chi connectivity index (χ4v) is 2.35. The Balaban J connectivity index is 2.62. The van der Waals surface area contributed by atoms with E-state index in [9.17, 15) is 9.90 Å². The molecule has 0 saturated heterocycles. The second-order valence-corrected chi connectivity index (χ2v) is 4.64. The molecule has 0 spiro atoms. The van der Waals surface area contributed by atoms with E-state index in [1.54, 1.807) is 12.1 Å². The smallest absolute Gasteiger partial charge is 0.336 e. The molecule has 0 aromatic carbocycles. The number of hydrogen-bond acceptors (Lipinski definition) is 4. The molecular formula is C15H16N3O3+. The highest BCUT2D eigenvalue weighted by molar-refractivity contribution is 6.07. The number of allylic oxidation sites excluding steroid dienone is 1. The number of carboxylic acid groups (broad SMARTS) is 1. The van der Waals surface area contributed by atoms with E-state index < -0.39 is 11.9 Å². The van der Waals surface area contributed by atoms with Crippen LogP contribution in [0.4, 0.5) is 0 Å². The molecule has 0 aliphatic carbocycles. The van der Waals surface area contributed by atoms with Crippen LogP contribution in [0, 0.1) is 10.8 Å². The lowest BCUT2D eigenvalue weighted by Crippen LogP contribution is -2.32. The molecule has 21 heavy (non-hydrogen) atoms. The van der Waals surface area contributed by atoms with Gasteiger partial charge in [0.25, 0.3) is 0 Å². The Morgan fingerprint density at radius 3 is 2.57 bits per heavy atom. The highest BCUT2D eigenvalue weighted by atomic mass is 16.5. The summed E-state index contributed by atoms with van der Waals surface area (Å²) in [5.74, 6) is 0.252. The molecule has 1 aliphatic heterocycles. The molecule has 0 bridgehead atoms. The summed E-state index contributed by atoms with van der Waals surface area (Å²) in [5, 5.41) is 24.6. The Hall–Kier alpha value is -2.72. The quantitative estimate of drug-likeness (QED) is 0.581. The van der Waals surface area contributed by atoms with Gasteiger partial charge in [-0.3, -0.25) is 10.8 Å². The maximum atomic E-state index is 11.5. The molecule has 0 amide bonds. The molecule has 0 fully saturated rings. The number of nitrogens with zero attached hydrogens (tertiary/aromatic N) is 1. The van der Waals surface area contributed by atoms with Gasteiger partial charge in [0.05, 0.1) is 17.1 Å². The zero-order chi connectivity index (χ0) is 15.6. The van der Waals surface area contributed by atoms with Crippen LogP contribution in [0.2, 0.25) is 0 Å². The van der Waals surface area contributed by atoms with Gasteiger partial charge < -0.3 is 9.84 Å². The standard InChI is InChI=1S/C15H15N3O3/c1-3-18-6-4-10(5-7-18)13-11(8-16)14(17)21-9(2)12(13)15(19)20/h4-7,13,16-17H,3H2,1-2H3/p+1/t13-/m1/s1. The summed E-state index contributed by atoms with van der Waals surface area (Å²) >= 11 is 0. The average Bonchev–Trinajstić information content (AvgIpc) is 2.46. The van der Waals surface area contributed by atoms with Crippen LogP contribution in [-0.4, -0.2) is 22.8 Å². The first-order chi connectivity index (χ1) is 9.99. The Morgan fingerprint density at radius 1 is 1.48 bits per heavy atom. The van der Waals surface area contributed by atoms with Gasteiger partial charge in [-0.15, -0.1) is 0 Å². The lowest BCUT2D eigenvalue weighted by atomic mass is 9.83. The minimum Gasteiger partial charge on any atom is -0.478 e. The van der Waals surface area contributed by atoms with Crippen molar-refractivity contribution < 1.29 is 19.2 Å². The predicted molar refractivity (Wildman–Crippen MR) is 75.4 cm³/mol. The topological polar surface area (TPSA) is 98.1 Å². The van der Waals surface area contributed by atoms with Crippen LogP contribution < -0.4 is 4.57 Å². The van der Waals surface area contributed by atoms with Crippen molar-refractivity contribution in [1.82, 2.24) is 0 Å². The maximum absolute atomic E-state index is 11.5. The SMILES string of the molecule is CC[n+]1ccc([C@@H]2C(=C=N)C(=N)OC(C)=C2C(=O)O)cc1. The number of aliphatic carboxylic acids is 1. The van der Waals surface area contributed by atoms with Crippen molar-refractivity contribution in [1.29, 1.82) is 10.8 Å². The molecule has 0 saturated carbocycles. The van der Waals surface area contributed by atoms with E-state index in [2.05, 4.69) is 5.87 Å².